The van der Waals surface area contributed by atoms with E-state index in [2.05, 4.69) is 127 Å². The van der Waals surface area contributed by atoms with Crippen molar-refractivity contribution in [3.8, 4) is 28.5 Å². The summed E-state index contributed by atoms with van der Waals surface area (Å²) in [5.74, 6) is 2.62. The summed E-state index contributed by atoms with van der Waals surface area (Å²) in [6.07, 6.45) is 0. The summed E-state index contributed by atoms with van der Waals surface area (Å²) < 4.78 is 21.0. The van der Waals surface area contributed by atoms with E-state index in [4.69, 9.17) is 14.2 Å². The summed E-state index contributed by atoms with van der Waals surface area (Å²) in [7, 11) is 0. The average Bonchev–Trinajstić information content (AvgIpc) is 3.42. The van der Waals surface area contributed by atoms with E-state index in [0.717, 1.165) is 60.1 Å². The highest BCUT2D eigenvalue weighted by Crippen LogP contribution is 2.37. The molecule has 0 spiro atoms. The standard InChI is InChI=1S/C44H47N3O3/c1-32-27-45-28-33(2)46(32)24-25-48-39-18-14-35(15-19-39)29-47-43-23-22-41(50-31-37-12-8-5-9-13-37)26-42(43)34(3)44(47)38-16-20-40(21-17-38)49-30-36-10-6-4-7-11-36/h4-23,26,32-33,45H,24-25,27-31H2,1-3H3/t32-,33+. The van der Waals surface area contributed by atoms with Gasteiger partial charge in [0.25, 0.3) is 0 Å². The minimum atomic E-state index is 0.517. The highest BCUT2D eigenvalue weighted by atomic mass is 16.5. The molecule has 6 nitrogen and oxygen atoms in total. The molecule has 1 aromatic heterocycles. The molecule has 5 aromatic carbocycles. The maximum Gasteiger partial charge on any atom is 0.120 e. The molecule has 2 heterocycles. The van der Waals surface area contributed by atoms with Gasteiger partial charge in [-0.2, -0.15) is 0 Å². The van der Waals surface area contributed by atoms with Gasteiger partial charge in [-0.15, -0.1) is 0 Å². The zero-order chi connectivity index (χ0) is 34.3. The van der Waals surface area contributed by atoms with Gasteiger partial charge in [-0.25, -0.2) is 0 Å². The fourth-order valence-corrected chi connectivity index (χ4v) is 7.07. The Morgan fingerprint density at radius 1 is 0.620 bits per heavy atom. The van der Waals surface area contributed by atoms with Crippen molar-refractivity contribution < 1.29 is 14.2 Å². The summed E-state index contributed by atoms with van der Waals surface area (Å²) in [5, 5.41) is 4.69. The Hall–Kier alpha value is -5.04. The van der Waals surface area contributed by atoms with Crippen molar-refractivity contribution in [3.63, 3.8) is 0 Å². The molecular formula is C44H47N3O3. The lowest BCUT2D eigenvalue weighted by Gasteiger charge is -2.39. The van der Waals surface area contributed by atoms with Crippen molar-refractivity contribution in [2.45, 2.75) is 52.6 Å². The van der Waals surface area contributed by atoms with E-state index in [1.807, 2.05) is 36.4 Å². The minimum Gasteiger partial charge on any atom is -0.492 e. The van der Waals surface area contributed by atoms with Crippen LogP contribution >= 0.6 is 0 Å². The number of benzene rings is 5. The fourth-order valence-electron chi connectivity index (χ4n) is 7.07. The fraction of sp³-hybridized carbons (Fsp3) is 0.273. The smallest absolute Gasteiger partial charge is 0.120 e. The number of hydrogen-bond donors (Lipinski definition) is 1. The number of nitrogens with zero attached hydrogens (tertiary/aromatic N) is 2. The second-order valence-electron chi connectivity index (χ2n) is 13.4. The number of ether oxygens (including phenoxy) is 3. The Bertz CT molecular complexity index is 1960. The first kappa shape index (κ1) is 33.5. The molecule has 50 heavy (non-hydrogen) atoms. The van der Waals surface area contributed by atoms with Crippen LogP contribution in [0.2, 0.25) is 0 Å². The Morgan fingerprint density at radius 2 is 1.18 bits per heavy atom. The molecule has 1 aliphatic heterocycles. The normalized spacial score (nSPS) is 16.4. The molecule has 0 bridgehead atoms. The molecule has 0 amide bonds. The van der Waals surface area contributed by atoms with E-state index in [1.165, 1.54) is 27.7 Å². The zero-order valence-corrected chi connectivity index (χ0v) is 29.3. The first-order valence-corrected chi connectivity index (χ1v) is 17.8. The van der Waals surface area contributed by atoms with E-state index in [-0.39, 0.29) is 0 Å². The summed E-state index contributed by atoms with van der Waals surface area (Å²) in [6, 6.07) is 45.1. The largest absolute Gasteiger partial charge is 0.492 e. The van der Waals surface area contributed by atoms with Crippen LogP contribution in [-0.4, -0.2) is 47.8 Å². The van der Waals surface area contributed by atoms with E-state index < -0.39 is 0 Å². The Kier molecular flexibility index (Phi) is 10.5. The third-order valence-corrected chi connectivity index (χ3v) is 9.81. The van der Waals surface area contributed by atoms with E-state index in [0.29, 0.717) is 31.9 Å². The maximum absolute atomic E-state index is 6.26. The van der Waals surface area contributed by atoms with Gasteiger partial charge in [-0.1, -0.05) is 72.8 Å². The summed E-state index contributed by atoms with van der Waals surface area (Å²) in [6.45, 7) is 12.3. The lowest BCUT2D eigenvalue weighted by Crippen LogP contribution is -2.55. The van der Waals surface area contributed by atoms with Gasteiger partial charge in [-0.05, 0) is 103 Å². The van der Waals surface area contributed by atoms with Gasteiger partial charge in [0.2, 0.25) is 0 Å². The molecule has 256 valence electrons. The molecule has 1 N–H and O–H groups in total. The van der Waals surface area contributed by atoms with Crippen LogP contribution in [0.15, 0.2) is 127 Å². The van der Waals surface area contributed by atoms with Crippen LogP contribution in [0.25, 0.3) is 22.2 Å². The van der Waals surface area contributed by atoms with Crippen molar-refractivity contribution in [1.82, 2.24) is 14.8 Å². The van der Waals surface area contributed by atoms with Crippen molar-refractivity contribution in [2.75, 3.05) is 26.2 Å². The summed E-state index contributed by atoms with van der Waals surface area (Å²) >= 11 is 0. The topological polar surface area (TPSA) is 47.9 Å². The number of hydrogen-bond acceptors (Lipinski definition) is 5. The number of piperazine rings is 1. The highest BCUT2D eigenvalue weighted by Gasteiger charge is 2.24. The number of nitrogens with one attached hydrogen (secondary N) is 1. The minimum absolute atomic E-state index is 0.517. The van der Waals surface area contributed by atoms with Gasteiger partial charge < -0.3 is 24.1 Å². The van der Waals surface area contributed by atoms with Gasteiger partial charge in [0.1, 0.15) is 37.1 Å². The third kappa shape index (κ3) is 7.88. The van der Waals surface area contributed by atoms with Crippen LogP contribution in [0.5, 0.6) is 17.2 Å². The molecular weight excluding hydrogens is 619 g/mol. The first-order valence-electron chi connectivity index (χ1n) is 17.8. The molecule has 1 aliphatic rings. The molecule has 1 saturated heterocycles. The van der Waals surface area contributed by atoms with Crippen LogP contribution in [0.4, 0.5) is 0 Å². The van der Waals surface area contributed by atoms with Crippen LogP contribution in [-0.2, 0) is 19.8 Å². The van der Waals surface area contributed by atoms with Crippen LogP contribution < -0.4 is 19.5 Å². The van der Waals surface area contributed by atoms with E-state index in [1.54, 1.807) is 0 Å². The van der Waals surface area contributed by atoms with Gasteiger partial charge in [-0.3, -0.25) is 4.90 Å². The summed E-state index contributed by atoms with van der Waals surface area (Å²) in [5.41, 5.74) is 8.25. The maximum atomic E-state index is 6.26. The third-order valence-electron chi connectivity index (χ3n) is 9.81. The van der Waals surface area contributed by atoms with Gasteiger partial charge in [0.05, 0.1) is 5.69 Å². The number of aromatic nitrogens is 1. The molecule has 7 rings (SSSR count). The van der Waals surface area contributed by atoms with Gasteiger partial charge >= 0.3 is 0 Å². The van der Waals surface area contributed by atoms with Crippen LogP contribution in [0, 0.1) is 6.92 Å². The van der Waals surface area contributed by atoms with Crippen molar-refractivity contribution in [3.05, 3.63) is 150 Å². The Morgan fingerprint density at radius 3 is 1.82 bits per heavy atom. The second kappa shape index (κ2) is 15.7. The van der Waals surface area contributed by atoms with Crippen LogP contribution in [0.3, 0.4) is 0 Å². The predicted molar refractivity (Wildman–Crippen MR) is 203 cm³/mol. The van der Waals surface area contributed by atoms with Crippen molar-refractivity contribution in [2.24, 2.45) is 0 Å². The molecule has 0 radical (unpaired) electrons. The average molecular weight is 666 g/mol. The van der Waals surface area contributed by atoms with E-state index in [9.17, 15) is 0 Å². The lowest BCUT2D eigenvalue weighted by molar-refractivity contribution is 0.0966. The SMILES string of the molecule is Cc1c(-c2ccc(OCc3ccccc3)cc2)n(Cc2ccc(OCCN3[C@H](C)CNC[C@@H]3C)cc2)c2ccc(OCc3ccccc3)cc12. The second-order valence-corrected chi connectivity index (χ2v) is 13.4. The summed E-state index contributed by atoms with van der Waals surface area (Å²) in [4.78, 5) is 2.53. The Balaban J connectivity index is 1.12. The number of aryl methyl sites for hydroxylation is 1. The van der Waals surface area contributed by atoms with Crippen molar-refractivity contribution >= 4 is 10.9 Å². The van der Waals surface area contributed by atoms with Gasteiger partial charge in [0, 0.05) is 49.2 Å². The molecule has 6 heteroatoms. The zero-order valence-electron chi connectivity index (χ0n) is 29.3. The molecule has 0 aliphatic carbocycles. The highest BCUT2D eigenvalue weighted by molar-refractivity contribution is 5.92. The molecule has 0 unspecified atom stereocenters. The van der Waals surface area contributed by atoms with Crippen molar-refractivity contribution in [1.29, 1.82) is 0 Å². The predicted octanol–water partition coefficient (Wildman–Crippen LogP) is 8.88. The monoisotopic (exact) mass is 665 g/mol. The number of rotatable bonds is 13. The van der Waals surface area contributed by atoms with Crippen LogP contribution in [0.1, 0.15) is 36.1 Å². The molecule has 6 aromatic rings. The Labute approximate surface area is 296 Å². The molecule has 0 saturated carbocycles. The lowest BCUT2D eigenvalue weighted by atomic mass is 10.1. The van der Waals surface area contributed by atoms with Gasteiger partial charge in [0.15, 0.2) is 0 Å². The quantitative estimate of drug-likeness (QED) is 0.134. The first-order chi connectivity index (χ1) is 24.5. The molecule has 1 fully saturated rings. The number of fused-ring (bicyclic) bond motifs is 1. The van der Waals surface area contributed by atoms with E-state index >= 15 is 0 Å². The molecule has 2 atom stereocenters.